The molecule has 1 atom stereocenters. The van der Waals surface area contributed by atoms with E-state index in [-0.39, 0.29) is 13.0 Å². The number of fused-ring (bicyclic) bond motifs is 3. The fourth-order valence-corrected chi connectivity index (χ4v) is 3.83. The molecule has 0 fully saturated rings. The Morgan fingerprint density at radius 2 is 1.62 bits per heavy atom. The minimum atomic E-state index is -4.43. The molecule has 6 nitrogen and oxygen atoms in total. The van der Waals surface area contributed by atoms with Crippen molar-refractivity contribution in [3.05, 3.63) is 48.5 Å². The number of benzene rings is 2. The van der Waals surface area contributed by atoms with E-state index < -0.39 is 19.6 Å². The van der Waals surface area contributed by atoms with E-state index in [0.717, 1.165) is 22.2 Å². The largest absolute Gasteiger partial charge is 0.469 e. The van der Waals surface area contributed by atoms with Crippen LogP contribution in [0.4, 0.5) is 0 Å². The summed E-state index contributed by atoms with van der Waals surface area (Å²) in [5, 5.41) is 0.821. The maximum absolute atomic E-state index is 11.8. The number of hydrogen-bond acceptors (Lipinski definition) is 4. The van der Waals surface area contributed by atoms with Gasteiger partial charge in [-0.15, -0.1) is 0 Å². The van der Waals surface area contributed by atoms with Crippen LogP contribution in [0.2, 0.25) is 0 Å². The van der Waals surface area contributed by atoms with Crippen LogP contribution in [0.5, 0.6) is 5.75 Å². The molecule has 0 spiro atoms. The zero-order valence-electron chi connectivity index (χ0n) is 13.1. The molecule has 142 valence electrons. The van der Waals surface area contributed by atoms with Gasteiger partial charge in [-0.25, -0.2) is 4.57 Å². The van der Waals surface area contributed by atoms with Crippen LogP contribution in [0.3, 0.4) is 0 Å². The summed E-state index contributed by atoms with van der Waals surface area (Å²) in [6.07, 6.45) is -0.0667. The summed E-state index contributed by atoms with van der Waals surface area (Å²) >= 11 is 15.8. The summed E-state index contributed by atoms with van der Waals surface area (Å²) in [7, 11) is -6.54. The van der Waals surface area contributed by atoms with Crippen molar-refractivity contribution in [3.63, 3.8) is 0 Å². The molecule has 0 bridgehead atoms. The Balaban J connectivity index is 0.000000199. The predicted octanol–water partition coefficient (Wildman–Crippen LogP) is 4.70. The number of hydrogen-bond donors (Lipinski definition) is 2. The number of alkyl halides is 3. The molecule has 1 aliphatic rings. The Kier molecular flexibility index (Phi) is 7.61. The first-order valence-electron chi connectivity index (χ1n) is 7.24. The van der Waals surface area contributed by atoms with Gasteiger partial charge in [0.15, 0.2) is 3.79 Å². The van der Waals surface area contributed by atoms with Gasteiger partial charge >= 0.3 is 7.82 Å². The van der Waals surface area contributed by atoms with Gasteiger partial charge in [0.05, 0.1) is 11.9 Å². The summed E-state index contributed by atoms with van der Waals surface area (Å²) in [6.45, 7) is -0.291. The third-order valence-corrected chi connectivity index (χ3v) is 5.54. The Morgan fingerprint density at radius 3 is 2.23 bits per heavy atom. The highest BCUT2D eigenvalue weighted by molar-refractivity contribution is 7.49. The van der Waals surface area contributed by atoms with Crippen LogP contribution in [0.25, 0.3) is 11.1 Å². The maximum atomic E-state index is 11.8. The normalized spacial score (nSPS) is 15.8. The summed E-state index contributed by atoms with van der Waals surface area (Å²) < 4.78 is 29.8. The molecule has 0 amide bonds. The van der Waals surface area contributed by atoms with Gasteiger partial charge in [0, 0.05) is 12.0 Å². The first kappa shape index (κ1) is 21.7. The van der Waals surface area contributed by atoms with E-state index >= 15 is 0 Å². The summed E-state index contributed by atoms with van der Waals surface area (Å²) in [4.78, 5) is 16.3. The highest BCUT2D eigenvalue weighted by Crippen LogP contribution is 2.42. The molecule has 1 unspecified atom stereocenters. The molecular formula is C15H15Cl3O6P2. The molecular weight excluding hydrogens is 444 g/mol. The van der Waals surface area contributed by atoms with Crippen molar-refractivity contribution >= 4 is 56.0 Å². The lowest BCUT2D eigenvalue weighted by molar-refractivity contribution is 0.195. The Morgan fingerprint density at radius 1 is 1.04 bits per heavy atom. The van der Waals surface area contributed by atoms with E-state index in [4.69, 9.17) is 49.1 Å². The van der Waals surface area contributed by atoms with E-state index in [1.54, 1.807) is 0 Å². The number of phosphoric acid groups is 1. The monoisotopic (exact) mass is 458 g/mol. The molecule has 2 aromatic carbocycles. The molecule has 2 aromatic rings. The van der Waals surface area contributed by atoms with Crippen LogP contribution >= 0.6 is 50.7 Å². The van der Waals surface area contributed by atoms with E-state index in [0.29, 0.717) is 0 Å². The first-order valence-corrected chi connectivity index (χ1v) is 11.2. The Labute approximate surface area is 166 Å². The fraction of sp³-hybridized carbons (Fsp3) is 0.200. The van der Waals surface area contributed by atoms with Gasteiger partial charge in [0.2, 0.25) is 0 Å². The SMILES string of the molecule is O=P(O)(O)OCCC(Cl)(Cl)Cl.O=[PH]1Oc2ccccc2-c2ccccc21. The minimum absolute atomic E-state index is 0.0667. The average molecular weight is 460 g/mol. The highest BCUT2D eigenvalue weighted by atomic mass is 35.6. The quantitative estimate of drug-likeness (QED) is 0.510. The topological polar surface area (TPSA) is 93.1 Å². The molecule has 2 N–H and O–H groups in total. The third-order valence-electron chi connectivity index (χ3n) is 3.17. The average Bonchev–Trinajstić information content (AvgIpc) is 2.53. The van der Waals surface area contributed by atoms with E-state index in [2.05, 4.69) is 4.52 Å². The predicted molar refractivity (Wildman–Crippen MR) is 104 cm³/mol. The summed E-state index contributed by atoms with van der Waals surface area (Å²) in [5.41, 5.74) is 2.06. The van der Waals surface area contributed by atoms with Crippen molar-refractivity contribution in [2.24, 2.45) is 0 Å². The molecule has 3 rings (SSSR count). The molecule has 0 saturated carbocycles. The van der Waals surface area contributed by atoms with Crippen molar-refractivity contribution < 1.29 is 28.0 Å². The number of halogens is 3. The van der Waals surface area contributed by atoms with Crippen LogP contribution in [-0.2, 0) is 13.7 Å². The third kappa shape index (κ3) is 6.88. The van der Waals surface area contributed by atoms with Gasteiger partial charge < -0.3 is 14.3 Å². The van der Waals surface area contributed by atoms with Crippen molar-refractivity contribution in [3.8, 4) is 16.9 Å². The van der Waals surface area contributed by atoms with Crippen molar-refractivity contribution in [2.45, 2.75) is 10.2 Å². The standard InChI is InChI=1S/C12H9O2P.C3H6Cl3O4P/c13-15-12-8-4-2-6-10(12)9-5-1-3-7-11(9)14-15;4-3(5,6)1-2-10-11(7,8)9/h1-8,15H;1-2H2,(H2,7,8,9). The maximum Gasteiger partial charge on any atom is 0.469 e. The van der Waals surface area contributed by atoms with Gasteiger partial charge in [0.1, 0.15) is 5.75 Å². The summed E-state index contributed by atoms with van der Waals surface area (Å²) in [6, 6.07) is 15.4. The van der Waals surface area contributed by atoms with Crippen molar-refractivity contribution in [1.29, 1.82) is 0 Å². The van der Waals surface area contributed by atoms with Gasteiger partial charge in [-0.05, 0) is 17.7 Å². The van der Waals surface area contributed by atoms with Crippen LogP contribution in [0, 0.1) is 0 Å². The van der Waals surface area contributed by atoms with Crippen LogP contribution in [-0.4, -0.2) is 20.2 Å². The molecule has 0 radical (unpaired) electrons. The second kappa shape index (κ2) is 9.09. The lowest BCUT2D eigenvalue weighted by Crippen LogP contribution is -2.09. The van der Waals surface area contributed by atoms with Crippen LogP contribution in [0.15, 0.2) is 48.5 Å². The van der Waals surface area contributed by atoms with Crippen molar-refractivity contribution in [2.75, 3.05) is 6.61 Å². The molecule has 1 aliphatic heterocycles. The first-order chi connectivity index (χ1) is 12.1. The smallest absolute Gasteiger partial charge is 0.441 e. The van der Waals surface area contributed by atoms with E-state index in [9.17, 15) is 9.13 Å². The fourth-order valence-electron chi connectivity index (χ4n) is 2.11. The van der Waals surface area contributed by atoms with E-state index in [1.165, 1.54) is 0 Å². The van der Waals surface area contributed by atoms with Crippen LogP contribution < -0.4 is 9.83 Å². The second-order valence-electron chi connectivity index (χ2n) is 5.12. The number of rotatable bonds is 3. The van der Waals surface area contributed by atoms with Gasteiger partial charge in [0.25, 0.3) is 8.03 Å². The molecule has 0 aromatic heterocycles. The van der Waals surface area contributed by atoms with Gasteiger partial charge in [-0.2, -0.15) is 0 Å². The molecule has 0 saturated heterocycles. The zero-order valence-corrected chi connectivity index (χ0v) is 17.3. The van der Waals surface area contributed by atoms with Crippen LogP contribution in [0.1, 0.15) is 6.42 Å². The lowest BCUT2D eigenvalue weighted by Gasteiger charge is -2.19. The minimum Gasteiger partial charge on any atom is -0.441 e. The molecule has 26 heavy (non-hydrogen) atoms. The lowest BCUT2D eigenvalue weighted by atomic mass is 10.0. The number of phosphoric ester groups is 1. The number of para-hydroxylation sites is 1. The van der Waals surface area contributed by atoms with Crippen molar-refractivity contribution in [1.82, 2.24) is 0 Å². The second-order valence-corrected chi connectivity index (χ2v) is 10.2. The van der Waals surface area contributed by atoms with Gasteiger partial charge in [-0.3, -0.25) is 9.09 Å². The molecule has 11 heteroatoms. The van der Waals surface area contributed by atoms with Gasteiger partial charge in [-0.1, -0.05) is 71.2 Å². The molecule has 1 heterocycles. The highest BCUT2D eigenvalue weighted by Gasteiger charge is 2.22. The Bertz CT molecular complexity index is 834. The molecule has 0 aliphatic carbocycles. The van der Waals surface area contributed by atoms with E-state index in [1.807, 2.05) is 48.5 Å². The summed E-state index contributed by atoms with van der Waals surface area (Å²) in [5.74, 6) is 0.722. The zero-order chi connectivity index (χ0) is 19.4. The Hall–Kier alpha value is -0.550.